The van der Waals surface area contributed by atoms with Crippen molar-refractivity contribution < 1.29 is 28.7 Å². The highest BCUT2D eigenvalue weighted by Crippen LogP contribution is 2.31. The Kier molecular flexibility index (Phi) is 13.3. The molecule has 7 rings (SSSR count). The zero-order valence-electron chi connectivity index (χ0n) is 34.1. The molecular weight excluding hydrogens is 792 g/mol. The van der Waals surface area contributed by atoms with E-state index in [4.69, 9.17) is 26.1 Å². The number of fused-ring (bicyclic) bond motifs is 1. The second-order valence-corrected chi connectivity index (χ2v) is 15.7. The maximum Gasteiger partial charge on any atom is 0.293 e. The van der Waals surface area contributed by atoms with E-state index in [0.717, 1.165) is 76.1 Å². The lowest BCUT2D eigenvalue weighted by molar-refractivity contribution is -0.134. The summed E-state index contributed by atoms with van der Waals surface area (Å²) >= 11 is 6.56. The van der Waals surface area contributed by atoms with Crippen molar-refractivity contribution in [2.24, 2.45) is 13.0 Å². The summed E-state index contributed by atoms with van der Waals surface area (Å²) < 4.78 is 13.0. The van der Waals surface area contributed by atoms with Crippen LogP contribution in [0.3, 0.4) is 0 Å². The number of nitrogens with zero attached hydrogens (tertiary/aromatic N) is 6. The lowest BCUT2D eigenvalue weighted by Gasteiger charge is -2.39. The summed E-state index contributed by atoms with van der Waals surface area (Å²) in [5.41, 5.74) is 2.42. The molecule has 4 N–H and O–H groups in total. The molecule has 2 aromatic heterocycles. The highest BCUT2D eigenvalue weighted by Gasteiger charge is 2.30. The summed E-state index contributed by atoms with van der Waals surface area (Å²) in [4.78, 5) is 77.9. The number of halogens is 1. The van der Waals surface area contributed by atoms with Gasteiger partial charge in [0, 0.05) is 89.2 Å². The van der Waals surface area contributed by atoms with E-state index in [0.29, 0.717) is 51.8 Å². The van der Waals surface area contributed by atoms with E-state index in [1.807, 2.05) is 37.3 Å². The molecule has 0 bridgehead atoms. The van der Waals surface area contributed by atoms with Gasteiger partial charge in [-0.05, 0) is 68.0 Å². The number of carbonyl (C=O) groups is 4. The van der Waals surface area contributed by atoms with Crippen LogP contribution in [-0.2, 0) is 21.4 Å². The number of carbonyl (C=O) groups excluding carboxylic acids is 4. The number of nitrogens with one attached hydrogen (secondary N) is 4. The smallest absolute Gasteiger partial charge is 0.293 e. The Labute approximate surface area is 352 Å². The molecule has 3 fully saturated rings. The van der Waals surface area contributed by atoms with Crippen LogP contribution in [0.4, 0.5) is 23.1 Å². The molecule has 0 radical (unpaired) electrons. The van der Waals surface area contributed by atoms with Crippen LogP contribution in [0, 0.1) is 5.92 Å². The van der Waals surface area contributed by atoms with Crippen LogP contribution in [0.2, 0.25) is 5.02 Å². The molecule has 18 heteroatoms. The fourth-order valence-corrected chi connectivity index (χ4v) is 7.89. The summed E-state index contributed by atoms with van der Waals surface area (Å²) in [6.07, 6.45) is 4.90. The minimum Gasteiger partial charge on any atom is -0.493 e. The topological polar surface area (TPSA) is 192 Å². The molecule has 0 spiro atoms. The second-order valence-electron chi connectivity index (χ2n) is 15.3. The van der Waals surface area contributed by atoms with E-state index in [1.54, 1.807) is 25.4 Å². The molecule has 4 aromatic rings. The Balaban J connectivity index is 0.915. The zero-order chi connectivity index (χ0) is 42.3. The van der Waals surface area contributed by atoms with Crippen molar-refractivity contribution in [3.8, 4) is 11.5 Å². The summed E-state index contributed by atoms with van der Waals surface area (Å²) in [6.45, 7) is 8.27. The van der Waals surface area contributed by atoms with Crippen molar-refractivity contribution >= 4 is 69.3 Å². The second kappa shape index (κ2) is 19.0. The number of anilines is 4. The van der Waals surface area contributed by atoms with Gasteiger partial charge in [0.15, 0.2) is 18.2 Å². The average Bonchev–Trinajstić information content (AvgIpc) is 3.25. The standard InChI is InChI=1S/C42H51ClN10O7/c1-4-19-59-34-22-29(6-7-30(34)39(56)47-32-8-10-36(54)48-40(32)57)52-13-11-26(12-14-52)24-51-15-17-53(18-16-51)42-45-23-31(43)38(49-42)46-28-5-9-33-27(20-28)21-35(41(58)50(33)3)60-25-37(55)44-2/h5-7,9,20-23,26,32H,4,8,10-19,24-25H2,1-3H3,(H,44,55)(H,47,56)(H,45,46,49)(H,48,54,57). The summed E-state index contributed by atoms with van der Waals surface area (Å²) in [5, 5.41) is 11.9. The van der Waals surface area contributed by atoms with Gasteiger partial charge in [0.05, 0.1) is 23.9 Å². The van der Waals surface area contributed by atoms with E-state index in [1.165, 1.54) is 11.6 Å². The summed E-state index contributed by atoms with van der Waals surface area (Å²) in [5.74, 6) is 0.595. The van der Waals surface area contributed by atoms with Crippen LogP contribution in [0.5, 0.6) is 11.5 Å². The fourth-order valence-electron chi connectivity index (χ4n) is 7.75. The number of aryl methyl sites for hydroxylation is 1. The number of rotatable bonds is 14. The first-order valence-electron chi connectivity index (χ1n) is 20.4. The maximum absolute atomic E-state index is 13.2. The van der Waals surface area contributed by atoms with Gasteiger partial charge in [-0.3, -0.25) is 34.2 Å². The Bertz CT molecular complexity index is 2310. The van der Waals surface area contributed by atoms with Gasteiger partial charge < -0.3 is 39.8 Å². The largest absolute Gasteiger partial charge is 0.493 e. The molecule has 3 aliphatic heterocycles. The number of ether oxygens (including phenoxy) is 2. The molecular formula is C42H51ClN10O7. The first-order valence-corrected chi connectivity index (χ1v) is 20.8. The summed E-state index contributed by atoms with van der Waals surface area (Å²) in [6, 6.07) is 12.0. The molecule has 60 heavy (non-hydrogen) atoms. The van der Waals surface area contributed by atoms with E-state index >= 15 is 0 Å². The minimum absolute atomic E-state index is 0.0750. The molecule has 3 aliphatic rings. The third-order valence-corrected chi connectivity index (χ3v) is 11.5. The number of aromatic nitrogens is 3. The Morgan fingerprint density at radius 1 is 0.933 bits per heavy atom. The van der Waals surface area contributed by atoms with E-state index in [2.05, 4.69) is 41.0 Å². The zero-order valence-corrected chi connectivity index (χ0v) is 34.8. The lowest BCUT2D eigenvalue weighted by atomic mass is 9.95. The first kappa shape index (κ1) is 42.2. The molecule has 318 valence electrons. The van der Waals surface area contributed by atoms with Gasteiger partial charge in [0.25, 0.3) is 17.4 Å². The Morgan fingerprint density at radius 2 is 1.72 bits per heavy atom. The highest BCUT2D eigenvalue weighted by molar-refractivity contribution is 6.33. The predicted octanol–water partition coefficient (Wildman–Crippen LogP) is 3.21. The molecule has 4 amide bonds. The molecule has 1 atom stereocenters. The number of benzene rings is 2. The Hall–Kier alpha value is -5.94. The SMILES string of the molecule is CCCOc1cc(N2CCC(CN3CCN(c4ncc(Cl)c(Nc5ccc6c(c5)cc(OCC(=O)NC)c(=O)n6C)n4)CC3)CC2)ccc1C(=O)NC1CCC(=O)NC1=O. The van der Waals surface area contributed by atoms with E-state index in [-0.39, 0.29) is 42.6 Å². The number of likely N-dealkylation sites (N-methyl/N-ethyl adjacent to an activating group) is 1. The minimum atomic E-state index is -0.763. The van der Waals surface area contributed by atoms with Crippen molar-refractivity contribution in [2.45, 2.75) is 45.1 Å². The maximum atomic E-state index is 13.2. The first-order chi connectivity index (χ1) is 29.0. The van der Waals surface area contributed by atoms with Crippen molar-refractivity contribution in [1.82, 2.24) is 35.4 Å². The number of piperazine rings is 1. The molecule has 17 nitrogen and oxygen atoms in total. The quantitative estimate of drug-likeness (QED) is 0.136. The van der Waals surface area contributed by atoms with Crippen LogP contribution in [0.25, 0.3) is 10.9 Å². The van der Waals surface area contributed by atoms with Gasteiger partial charge in [-0.1, -0.05) is 18.5 Å². The highest BCUT2D eigenvalue weighted by atomic mass is 35.5. The third-order valence-electron chi connectivity index (χ3n) is 11.2. The molecule has 0 aliphatic carbocycles. The number of piperidine rings is 2. The molecule has 0 saturated carbocycles. The van der Waals surface area contributed by atoms with Crippen LogP contribution in [0.1, 0.15) is 49.4 Å². The summed E-state index contributed by atoms with van der Waals surface area (Å²) in [7, 11) is 3.16. The average molecular weight is 843 g/mol. The van der Waals surface area contributed by atoms with Crippen molar-refractivity contribution in [3.63, 3.8) is 0 Å². The van der Waals surface area contributed by atoms with E-state index < -0.39 is 17.9 Å². The van der Waals surface area contributed by atoms with Gasteiger partial charge in [0.1, 0.15) is 16.8 Å². The predicted molar refractivity (Wildman–Crippen MR) is 229 cm³/mol. The van der Waals surface area contributed by atoms with Gasteiger partial charge in [0.2, 0.25) is 17.8 Å². The van der Waals surface area contributed by atoms with Crippen molar-refractivity contribution in [3.05, 3.63) is 69.6 Å². The Morgan fingerprint density at radius 3 is 2.45 bits per heavy atom. The fraction of sp³-hybridized carbons (Fsp3) is 0.452. The van der Waals surface area contributed by atoms with Gasteiger partial charge in [-0.15, -0.1) is 0 Å². The molecule has 1 unspecified atom stereocenters. The van der Waals surface area contributed by atoms with Crippen LogP contribution in [-0.4, -0.2) is 115 Å². The lowest BCUT2D eigenvalue weighted by Crippen LogP contribution is -2.52. The normalized spacial score (nSPS) is 17.6. The monoisotopic (exact) mass is 842 g/mol. The molecule has 5 heterocycles. The van der Waals surface area contributed by atoms with Crippen molar-refractivity contribution in [2.75, 3.05) is 81.2 Å². The van der Waals surface area contributed by atoms with Crippen LogP contribution in [0.15, 0.2) is 53.5 Å². The van der Waals surface area contributed by atoms with Gasteiger partial charge >= 0.3 is 0 Å². The number of hydrogen-bond donors (Lipinski definition) is 4. The number of imide groups is 1. The third kappa shape index (κ3) is 9.90. The van der Waals surface area contributed by atoms with Crippen LogP contribution < -0.4 is 46.1 Å². The van der Waals surface area contributed by atoms with Crippen LogP contribution >= 0.6 is 11.6 Å². The van der Waals surface area contributed by atoms with Gasteiger partial charge in [-0.25, -0.2) is 4.98 Å². The number of pyridine rings is 1. The number of amides is 4. The van der Waals surface area contributed by atoms with Crippen molar-refractivity contribution in [1.29, 1.82) is 0 Å². The van der Waals surface area contributed by atoms with E-state index in [9.17, 15) is 24.0 Å². The molecule has 3 saturated heterocycles. The number of hydrogen-bond acceptors (Lipinski definition) is 13. The molecule has 2 aromatic carbocycles. The van der Waals surface area contributed by atoms with Gasteiger partial charge in [-0.2, -0.15) is 4.98 Å².